The first kappa shape index (κ1) is 14.6. The van der Waals surface area contributed by atoms with Crippen LogP contribution in [0.25, 0.3) is 0 Å². The van der Waals surface area contributed by atoms with Crippen LogP contribution in [0.5, 0.6) is 11.5 Å². The zero-order valence-electron chi connectivity index (χ0n) is 11.5. The summed E-state index contributed by atoms with van der Waals surface area (Å²) in [4.78, 5) is 1.17. The molecule has 2 rings (SSSR count). The third-order valence-corrected chi connectivity index (χ3v) is 3.91. The van der Waals surface area contributed by atoms with E-state index in [1.54, 1.807) is 18.9 Å². The molecule has 0 radical (unpaired) electrons. The minimum absolute atomic E-state index is 0.700. The van der Waals surface area contributed by atoms with Crippen LogP contribution in [0.15, 0.2) is 53.4 Å². The van der Waals surface area contributed by atoms with E-state index in [1.165, 1.54) is 4.90 Å². The van der Waals surface area contributed by atoms with E-state index < -0.39 is 0 Å². The van der Waals surface area contributed by atoms with Crippen LogP contribution >= 0.6 is 11.8 Å². The molecule has 4 heteroatoms. The number of nitrogen functional groups attached to an aromatic ring is 1. The van der Waals surface area contributed by atoms with Crippen molar-refractivity contribution in [3.8, 4) is 11.5 Å². The van der Waals surface area contributed by atoms with Gasteiger partial charge >= 0.3 is 0 Å². The monoisotopic (exact) mass is 289 g/mol. The molecule has 0 aromatic heterocycles. The van der Waals surface area contributed by atoms with Crippen LogP contribution in [0.1, 0.15) is 6.42 Å². The summed E-state index contributed by atoms with van der Waals surface area (Å²) in [5.41, 5.74) is 6.38. The molecule has 0 unspecified atom stereocenters. The Labute approximate surface area is 124 Å². The highest BCUT2D eigenvalue weighted by Gasteiger charge is 2.01. The zero-order chi connectivity index (χ0) is 14.2. The first-order valence-corrected chi connectivity index (χ1v) is 7.52. The summed E-state index contributed by atoms with van der Waals surface area (Å²) >= 11 is 1.78. The van der Waals surface area contributed by atoms with Crippen LogP contribution in [-0.4, -0.2) is 19.5 Å². The summed E-state index contributed by atoms with van der Waals surface area (Å²) in [5.74, 6) is 2.79. The lowest BCUT2D eigenvalue weighted by Gasteiger charge is -2.08. The summed E-state index contributed by atoms with van der Waals surface area (Å²) in [7, 11) is 1.70. The first-order chi connectivity index (χ1) is 9.79. The molecule has 20 heavy (non-hydrogen) atoms. The molecule has 0 saturated heterocycles. The van der Waals surface area contributed by atoms with Crippen molar-refractivity contribution < 1.29 is 9.47 Å². The predicted molar refractivity (Wildman–Crippen MR) is 84.7 cm³/mol. The largest absolute Gasteiger partial charge is 0.496 e. The van der Waals surface area contributed by atoms with Gasteiger partial charge in [0.1, 0.15) is 11.5 Å². The first-order valence-electron chi connectivity index (χ1n) is 6.54. The zero-order valence-corrected chi connectivity index (χ0v) is 12.4. The molecule has 2 aromatic carbocycles. The molecule has 0 spiro atoms. The normalized spacial score (nSPS) is 10.2. The lowest BCUT2D eigenvalue weighted by molar-refractivity contribution is 0.319. The summed E-state index contributed by atoms with van der Waals surface area (Å²) in [6.07, 6.45) is 0.979. The van der Waals surface area contributed by atoms with Crippen LogP contribution in [0.3, 0.4) is 0 Å². The third-order valence-electron chi connectivity index (χ3n) is 2.76. The number of para-hydroxylation sites is 1. The lowest BCUT2D eigenvalue weighted by Crippen LogP contribution is -1.99. The van der Waals surface area contributed by atoms with Crippen molar-refractivity contribution in [2.75, 3.05) is 25.2 Å². The fourth-order valence-corrected chi connectivity index (χ4v) is 2.68. The molecule has 0 aliphatic rings. The van der Waals surface area contributed by atoms with Crippen LogP contribution in [-0.2, 0) is 0 Å². The minimum Gasteiger partial charge on any atom is -0.496 e. The standard InChI is InChI=1S/C16H19NO2S/c1-18-15-5-2-3-6-16(15)20-12-4-11-19-14-9-7-13(17)8-10-14/h2-3,5-10H,4,11-12,17H2,1H3. The van der Waals surface area contributed by atoms with Crippen LogP contribution in [0.2, 0.25) is 0 Å². The molecule has 0 aliphatic heterocycles. The Morgan fingerprint density at radius 2 is 1.80 bits per heavy atom. The number of hydrogen-bond donors (Lipinski definition) is 1. The van der Waals surface area contributed by atoms with Crippen molar-refractivity contribution in [2.45, 2.75) is 11.3 Å². The van der Waals surface area contributed by atoms with Gasteiger partial charge < -0.3 is 15.2 Å². The molecular weight excluding hydrogens is 270 g/mol. The number of thioether (sulfide) groups is 1. The maximum atomic E-state index is 5.66. The second-order valence-electron chi connectivity index (χ2n) is 4.27. The quantitative estimate of drug-likeness (QED) is 0.478. The molecule has 2 aromatic rings. The minimum atomic E-state index is 0.700. The fourth-order valence-electron chi connectivity index (χ4n) is 1.73. The van der Waals surface area contributed by atoms with Crippen LogP contribution in [0, 0.1) is 0 Å². The maximum absolute atomic E-state index is 5.66. The SMILES string of the molecule is COc1ccccc1SCCCOc1ccc(N)cc1. The molecule has 0 heterocycles. The number of hydrogen-bond acceptors (Lipinski definition) is 4. The maximum Gasteiger partial charge on any atom is 0.132 e. The molecule has 2 N–H and O–H groups in total. The van der Waals surface area contributed by atoms with E-state index in [0.717, 1.165) is 29.4 Å². The van der Waals surface area contributed by atoms with Gasteiger partial charge in [0, 0.05) is 16.3 Å². The van der Waals surface area contributed by atoms with Crippen molar-refractivity contribution in [3.05, 3.63) is 48.5 Å². The van der Waals surface area contributed by atoms with Crippen LogP contribution in [0.4, 0.5) is 5.69 Å². The molecule has 0 aliphatic carbocycles. The third kappa shape index (κ3) is 4.38. The van der Waals surface area contributed by atoms with Gasteiger partial charge in [0.05, 0.1) is 13.7 Å². The number of anilines is 1. The van der Waals surface area contributed by atoms with Gasteiger partial charge in [0.25, 0.3) is 0 Å². The summed E-state index contributed by atoms with van der Waals surface area (Å²) in [6, 6.07) is 15.5. The van der Waals surface area contributed by atoms with Crippen molar-refractivity contribution in [1.29, 1.82) is 0 Å². The van der Waals surface area contributed by atoms with Gasteiger partial charge in [-0.2, -0.15) is 0 Å². The molecule has 0 fully saturated rings. The highest BCUT2D eigenvalue weighted by atomic mass is 32.2. The average molecular weight is 289 g/mol. The molecular formula is C16H19NO2S. The van der Waals surface area contributed by atoms with Gasteiger partial charge in [-0.1, -0.05) is 12.1 Å². The van der Waals surface area contributed by atoms with Gasteiger partial charge in [0.15, 0.2) is 0 Å². The number of nitrogens with two attached hydrogens (primary N) is 1. The summed E-state index contributed by atoms with van der Waals surface area (Å²) in [5, 5.41) is 0. The molecule has 0 bridgehead atoms. The van der Waals surface area contributed by atoms with Gasteiger partial charge in [-0.05, 0) is 42.8 Å². The van der Waals surface area contributed by atoms with Crippen molar-refractivity contribution in [2.24, 2.45) is 0 Å². The molecule has 3 nitrogen and oxygen atoms in total. The molecule has 0 amide bonds. The Kier molecular flexibility index (Phi) is 5.62. The highest BCUT2D eigenvalue weighted by molar-refractivity contribution is 7.99. The summed E-state index contributed by atoms with van der Waals surface area (Å²) in [6.45, 7) is 0.700. The van der Waals surface area contributed by atoms with E-state index in [0.29, 0.717) is 6.61 Å². The number of rotatable bonds is 7. The molecule has 0 atom stereocenters. The number of methoxy groups -OCH3 is 1. The van der Waals surface area contributed by atoms with Crippen molar-refractivity contribution in [3.63, 3.8) is 0 Å². The summed E-state index contributed by atoms with van der Waals surface area (Å²) < 4.78 is 11.0. The number of ether oxygens (including phenoxy) is 2. The van der Waals surface area contributed by atoms with Gasteiger partial charge in [-0.15, -0.1) is 11.8 Å². The highest BCUT2D eigenvalue weighted by Crippen LogP contribution is 2.29. The average Bonchev–Trinajstić information content (AvgIpc) is 2.49. The van der Waals surface area contributed by atoms with Gasteiger partial charge in [0.2, 0.25) is 0 Å². The van der Waals surface area contributed by atoms with Gasteiger partial charge in [-0.25, -0.2) is 0 Å². The Morgan fingerprint density at radius 1 is 1.05 bits per heavy atom. The lowest BCUT2D eigenvalue weighted by atomic mass is 10.3. The van der Waals surface area contributed by atoms with E-state index in [-0.39, 0.29) is 0 Å². The smallest absolute Gasteiger partial charge is 0.132 e. The van der Waals surface area contributed by atoms with Crippen molar-refractivity contribution in [1.82, 2.24) is 0 Å². The second-order valence-corrected chi connectivity index (χ2v) is 5.41. The predicted octanol–water partition coefficient (Wildman–Crippen LogP) is 3.84. The van der Waals surface area contributed by atoms with Gasteiger partial charge in [-0.3, -0.25) is 0 Å². The fraction of sp³-hybridized carbons (Fsp3) is 0.250. The van der Waals surface area contributed by atoms with E-state index in [2.05, 4.69) is 6.07 Å². The van der Waals surface area contributed by atoms with E-state index >= 15 is 0 Å². The Hall–Kier alpha value is -1.81. The Bertz CT molecular complexity index is 528. The number of benzene rings is 2. The second kappa shape index (κ2) is 7.70. The Morgan fingerprint density at radius 3 is 2.55 bits per heavy atom. The topological polar surface area (TPSA) is 44.5 Å². The Balaban J connectivity index is 1.70. The van der Waals surface area contributed by atoms with Crippen LogP contribution < -0.4 is 15.2 Å². The van der Waals surface area contributed by atoms with E-state index in [4.69, 9.17) is 15.2 Å². The molecule has 0 saturated carbocycles. The van der Waals surface area contributed by atoms with E-state index in [1.807, 2.05) is 42.5 Å². The molecule has 106 valence electrons. The van der Waals surface area contributed by atoms with Crippen molar-refractivity contribution >= 4 is 17.4 Å². The van der Waals surface area contributed by atoms with E-state index in [9.17, 15) is 0 Å².